The van der Waals surface area contributed by atoms with Crippen molar-refractivity contribution in [2.75, 3.05) is 20.2 Å². The number of carbonyl (C=O) groups excluding carboxylic acids is 1. The molecule has 3 aliphatic rings. The van der Waals surface area contributed by atoms with E-state index in [9.17, 15) is 0 Å². The summed E-state index contributed by atoms with van der Waals surface area (Å²) in [5.74, 6) is 1.37. The molecule has 117 heavy (non-hydrogen) atoms. The van der Waals surface area contributed by atoms with Gasteiger partial charge in [0.25, 0.3) is 5.91 Å². The Balaban J connectivity index is 0.912. The Hall–Kier alpha value is -13.7. The zero-order chi connectivity index (χ0) is 78.5. The molecular weight excluding hydrogens is 1440 g/mol. The van der Waals surface area contributed by atoms with Gasteiger partial charge in [-0.05, 0) is 334 Å². The van der Waals surface area contributed by atoms with Gasteiger partial charge >= 0.3 is 0 Å². The van der Waals surface area contributed by atoms with Crippen molar-refractivity contribution in [3.05, 3.63) is 430 Å². The molecule has 3 saturated heterocycles. The monoisotopic (exact) mass is 1520 g/mol. The van der Waals surface area contributed by atoms with Crippen molar-refractivity contribution in [1.29, 1.82) is 0 Å². The first kappa shape index (κ1) is 73.5. The molecule has 20 rings (SSSR count). The fraction of sp³-hybridized carbons (Fsp3) is 0.0811. The van der Waals surface area contributed by atoms with E-state index in [0.29, 0.717) is 17.4 Å². The van der Waals surface area contributed by atoms with Gasteiger partial charge in [0, 0.05) is 29.7 Å². The second-order valence-electron chi connectivity index (χ2n) is 31.0. The Kier molecular flexibility index (Phi) is 20.8. The number of nitrogens with zero attached hydrogens (tertiary/aromatic N) is 2. The normalized spacial score (nSPS) is 15.2. The largest absolute Gasteiger partial charge is 0.497 e. The molecule has 6 heteroatoms. The molecule has 1 N–H and O–H groups in total. The van der Waals surface area contributed by atoms with Crippen molar-refractivity contribution in [2.45, 2.75) is 24.9 Å². The van der Waals surface area contributed by atoms with E-state index >= 15 is 4.79 Å². The minimum Gasteiger partial charge on any atom is -0.497 e. The Labute approximate surface area is 687 Å². The summed E-state index contributed by atoms with van der Waals surface area (Å²) in [5.41, 5.74) is 28.7. The van der Waals surface area contributed by atoms with Crippen molar-refractivity contribution in [3.8, 4) is 139 Å². The second-order valence-corrected chi connectivity index (χ2v) is 33.2. The minimum absolute atomic E-state index is 0.0208. The van der Waals surface area contributed by atoms with Gasteiger partial charge in [0.1, 0.15) is 5.75 Å². The zero-order valence-electron chi connectivity index (χ0n) is 65.3. The van der Waals surface area contributed by atoms with E-state index in [1.165, 1.54) is 0 Å². The number of amides is 1. The number of hydrogen-bond donors (Lipinski definition) is 1. The number of methoxy groups -OCH3 is 1. The van der Waals surface area contributed by atoms with E-state index in [1.54, 1.807) is 7.11 Å². The number of hydrogen-bond acceptors (Lipinski definition) is 4. The maximum absolute atomic E-state index is 17.2. The quantitative estimate of drug-likeness (QED) is 0.0575. The number of fused-ring (bicyclic) bond motifs is 4. The predicted molar refractivity (Wildman–Crippen MR) is 491 cm³/mol. The molecular formula is C111H86N3O2P. The van der Waals surface area contributed by atoms with Gasteiger partial charge in [0.15, 0.2) is 0 Å². The highest BCUT2D eigenvalue weighted by Gasteiger charge is 2.44. The molecule has 0 radical (unpaired) electrons. The van der Waals surface area contributed by atoms with E-state index in [0.717, 1.165) is 198 Å². The standard InChI is InChI=1S/C111H86N3O2P/c1-3-75-74-114-53-51-84(75)72-108(114)110(104-50-52-112-107-49-48-101(116-2)73-106(104)107)113-111(115)105-46-28-29-47-109(105)117(102-68-97(93-58-85(76-30-12-4-13-31-76)54-86(59-93)77-32-14-5-15-33-77)66-98(69-102)94-60-87(78-34-16-6-17-35-78)55-88(61-94)79-36-18-7-19-37-79)103-70-99(95-62-89(80-38-20-8-21-39-80)56-90(63-95)81-40-22-9-23-41-81)67-100(71-103)96-64-91(82-42-24-10-25-43-82)57-92(65-96)83-44-26-11-27-45-83/h3-50,52,54-71,73,75,84,108,110H,1,51,53,72,74H2,2H3,(H,113,115)/t75?,84-,108+,110?/m1/s1. The van der Waals surface area contributed by atoms with E-state index < -0.39 is 14.0 Å². The van der Waals surface area contributed by atoms with E-state index in [-0.39, 0.29) is 11.9 Å². The Morgan fingerprint density at radius 3 is 1.00 bits per heavy atom. The van der Waals surface area contributed by atoms with Gasteiger partial charge in [-0.15, -0.1) is 6.58 Å². The fourth-order valence-corrected chi connectivity index (χ4v) is 20.4. The third-order valence-corrected chi connectivity index (χ3v) is 26.2. The maximum atomic E-state index is 17.2. The van der Waals surface area contributed by atoms with Crippen LogP contribution >= 0.6 is 7.92 Å². The van der Waals surface area contributed by atoms with Crippen LogP contribution in [0.5, 0.6) is 5.75 Å². The average Bonchev–Trinajstić information content (AvgIpc) is 0.754. The van der Waals surface area contributed by atoms with Crippen LogP contribution in [-0.2, 0) is 0 Å². The summed E-state index contributed by atoms with van der Waals surface area (Å²) < 4.78 is 5.98. The Morgan fingerprint density at radius 1 is 0.385 bits per heavy atom. The number of ether oxygens (including phenoxy) is 1. The molecule has 0 saturated carbocycles. The van der Waals surface area contributed by atoms with Crippen LogP contribution in [-0.4, -0.2) is 42.0 Å². The maximum Gasteiger partial charge on any atom is 0.252 e. The van der Waals surface area contributed by atoms with Crippen molar-refractivity contribution in [2.24, 2.45) is 11.8 Å². The third kappa shape index (κ3) is 15.6. The molecule has 562 valence electrons. The Bertz CT molecular complexity index is 5640. The fourth-order valence-electron chi connectivity index (χ4n) is 17.9. The predicted octanol–water partition coefficient (Wildman–Crippen LogP) is 26.4. The lowest BCUT2D eigenvalue weighted by molar-refractivity contribution is 0.00171. The molecule has 0 spiro atoms. The molecule has 1 aromatic heterocycles. The molecule has 5 nitrogen and oxygen atoms in total. The SMILES string of the molecule is C=CC1CN2CC[C@@H]1C[C@H]2C(NC(=O)c1ccccc1P(c1cc(-c2cc(-c3ccccc3)cc(-c3ccccc3)c2)cc(-c2cc(-c3ccccc3)cc(-c3ccccc3)c2)c1)c1cc(-c2cc(-c3ccccc3)cc(-c3ccccc3)c2)cc(-c2cc(-c3ccccc3)cc(-c3ccccc3)c2)c1)c1ccnc2ccc(OC)cc12. The molecule has 0 aliphatic carbocycles. The zero-order valence-corrected chi connectivity index (χ0v) is 66.2. The smallest absolute Gasteiger partial charge is 0.252 e. The summed E-state index contributed by atoms with van der Waals surface area (Å²) in [7, 11) is -0.0745. The van der Waals surface area contributed by atoms with Crippen molar-refractivity contribution in [3.63, 3.8) is 0 Å². The number of pyridine rings is 1. The summed E-state index contributed by atoms with van der Waals surface area (Å²) in [6, 6.07) is 146. The lowest BCUT2D eigenvalue weighted by Crippen LogP contribution is -2.57. The number of aromatic nitrogens is 1. The molecule has 16 aromatic carbocycles. The van der Waals surface area contributed by atoms with Gasteiger partial charge in [-0.25, -0.2) is 0 Å². The molecule has 1 amide bonds. The van der Waals surface area contributed by atoms with Gasteiger partial charge in [0.05, 0.1) is 18.7 Å². The molecule has 5 atom stereocenters. The van der Waals surface area contributed by atoms with Gasteiger partial charge in [-0.1, -0.05) is 267 Å². The van der Waals surface area contributed by atoms with Crippen LogP contribution in [0.3, 0.4) is 0 Å². The highest BCUT2D eigenvalue weighted by Crippen LogP contribution is 2.48. The van der Waals surface area contributed by atoms with Crippen LogP contribution in [0.15, 0.2) is 419 Å². The first-order valence-corrected chi connectivity index (χ1v) is 41.9. The van der Waals surface area contributed by atoms with E-state index in [2.05, 4.69) is 411 Å². The van der Waals surface area contributed by atoms with Crippen LogP contribution in [0.25, 0.3) is 144 Å². The molecule has 17 aromatic rings. The average molecular weight is 1520 g/mol. The molecule has 3 unspecified atom stereocenters. The number of rotatable bonds is 21. The molecule has 3 fully saturated rings. The van der Waals surface area contributed by atoms with Crippen molar-refractivity contribution < 1.29 is 9.53 Å². The number of nitrogens with one attached hydrogen (secondary N) is 1. The van der Waals surface area contributed by atoms with Crippen LogP contribution in [0.2, 0.25) is 0 Å². The van der Waals surface area contributed by atoms with Crippen LogP contribution in [0.1, 0.15) is 34.8 Å². The third-order valence-electron chi connectivity index (χ3n) is 23.8. The van der Waals surface area contributed by atoms with E-state index in [1.807, 2.05) is 18.3 Å². The highest BCUT2D eigenvalue weighted by atomic mass is 31.1. The minimum atomic E-state index is -1.79. The highest BCUT2D eigenvalue weighted by molar-refractivity contribution is 7.80. The summed E-state index contributed by atoms with van der Waals surface area (Å²) >= 11 is 0. The summed E-state index contributed by atoms with van der Waals surface area (Å²) in [4.78, 5) is 24.8. The summed E-state index contributed by atoms with van der Waals surface area (Å²) in [6.07, 6.45) is 6.04. The number of benzene rings is 16. The number of carbonyl (C=O) groups is 1. The van der Waals surface area contributed by atoms with Crippen LogP contribution in [0.4, 0.5) is 0 Å². The topological polar surface area (TPSA) is 54.5 Å². The lowest BCUT2D eigenvalue weighted by Gasteiger charge is -2.51. The van der Waals surface area contributed by atoms with Crippen LogP contribution < -0.4 is 26.0 Å². The van der Waals surface area contributed by atoms with Gasteiger partial charge < -0.3 is 10.1 Å². The van der Waals surface area contributed by atoms with Crippen molar-refractivity contribution in [1.82, 2.24) is 15.2 Å². The first-order valence-electron chi connectivity index (χ1n) is 40.6. The lowest BCUT2D eigenvalue weighted by atomic mass is 9.73. The second kappa shape index (κ2) is 33.0. The van der Waals surface area contributed by atoms with Crippen LogP contribution in [0, 0.1) is 11.8 Å². The molecule has 4 heterocycles. The van der Waals surface area contributed by atoms with Gasteiger partial charge in [0.2, 0.25) is 0 Å². The van der Waals surface area contributed by atoms with Gasteiger partial charge in [-0.3, -0.25) is 14.7 Å². The van der Waals surface area contributed by atoms with Gasteiger partial charge in [-0.2, -0.15) is 0 Å². The summed E-state index contributed by atoms with van der Waals surface area (Å²) in [5, 5.41) is 7.93. The molecule has 2 bridgehead atoms. The Morgan fingerprint density at radius 2 is 0.692 bits per heavy atom. The van der Waals surface area contributed by atoms with E-state index in [4.69, 9.17) is 9.72 Å². The number of piperidine rings is 3. The summed E-state index contributed by atoms with van der Waals surface area (Å²) in [6.45, 7) is 6.17. The van der Waals surface area contributed by atoms with Crippen molar-refractivity contribution >= 4 is 40.6 Å². The first-order chi connectivity index (χ1) is 57.7. The molecule has 3 aliphatic heterocycles.